The second-order valence-corrected chi connectivity index (χ2v) is 9.50. The van der Waals surface area contributed by atoms with E-state index < -0.39 is 11.6 Å². The molecule has 0 aliphatic heterocycles. The number of ether oxygens (including phenoxy) is 2. The Morgan fingerprint density at radius 1 is 1.12 bits per heavy atom. The zero-order chi connectivity index (χ0) is 19.3. The van der Waals surface area contributed by atoms with Crippen molar-refractivity contribution in [1.29, 1.82) is 0 Å². The minimum absolute atomic E-state index is 0.147. The first-order chi connectivity index (χ1) is 11.4. The van der Waals surface area contributed by atoms with Gasteiger partial charge < -0.3 is 9.47 Å². The third-order valence-electron chi connectivity index (χ3n) is 5.86. The molecule has 0 aromatic rings. The Bertz CT molecular complexity index is 465. The quantitative estimate of drug-likeness (QED) is 0.583. The van der Waals surface area contributed by atoms with E-state index in [0.717, 1.165) is 25.7 Å². The summed E-state index contributed by atoms with van der Waals surface area (Å²) in [5.41, 5.74) is -0.291. The monoisotopic (exact) mass is 354 g/mol. The molecule has 0 radical (unpaired) electrons. The third kappa shape index (κ3) is 6.99. The topological polar surface area (TPSA) is 52.6 Å². The molecule has 1 rings (SSSR count). The first-order valence-corrected chi connectivity index (χ1v) is 9.80. The molecule has 4 heteroatoms. The Labute approximate surface area is 154 Å². The van der Waals surface area contributed by atoms with Crippen molar-refractivity contribution in [1.82, 2.24) is 0 Å². The summed E-state index contributed by atoms with van der Waals surface area (Å²) in [5.74, 6) is -0.417. The molecule has 0 saturated heterocycles. The second kappa shape index (κ2) is 8.55. The molecule has 1 aliphatic rings. The fourth-order valence-electron chi connectivity index (χ4n) is 3.77. The summed E-state index contributed by atoms with van der Waals surface area (Å²) in [5, 5.41) is 0. The number of carbonyl (C=O) groups excluding carboxylic acids is 2. The molecule has 4 nitrogen and oxygen atoms in total. The molecule has 1 fully saturated rings. The van der Waals surface area contributed by atoms with Crippen molar-refractivity contribution in [2.24, 2.45) is 16.7 Å². The highest BCUT2D eigenvalue weighted by molar-refractivity contribution is 5.77. The van der Waals surface area contributed by atoms with Gasteiger partial charge in [-0.25, -0.2) is 4.79 Å². The lowest BCUT2D eigenvalue weighted by Gasteiger charge is -2.45. The average Bonchev–Trinajstić information content (AvgIpc) is 2.51. The highest BCUT2D eigenvalue weighted by atomic mass is 16.6. The van der Waals surface area contributed by atoms with Crippen molar-refractivity contribution in [2.75, 3.05) is 6.61 Å². The van der Waals surface area contributed by atoms with E-state index in [4.69, 9.17) is 9.47 Å². The van der Waals surface area contributed by atoms with Gasteiger partial charge in [0.2, 0.25) is 0 Å². The summed E-state index contributed by atoms with van der Waals surface area (Å²) in [4.78, 5) is 24.1. The van der Waals surface area contributed by atoms with Crippen molar-refractivity contribution in [3.63, 3.8) is 0 Å². The first-order valence-electron chi connectivity index (χ1n) is 9.80. The minimum Gasteiger partial charge on any atom is -0.457 e. The van der Waals surface area contributed by atoms with E-state index in [0.29, 0.717) is 17.8 Å². The predicted molar refractivity (Wildman–Crippen MR) is 100 cm³/mol. The minimum atomic E-state index is -0.482. The van der Waals surface area contributed by atoms with Crippen molar-refractivity contribution < 1.29 is 19.1 Å². The highest BCUT2D eigenvalue weighted by Gasteiger charge is 2.42. The lowest BCUT2D eigenvalue weighted by atomic mass is 9.64. The van der Waals surface area contributed by atoms with Gasteiger partial charge in [-0.3, -0.25) is 4.79 Å². The molecule has 1 saturated carbocycles. The van der Waals surface area contributed by atoms with Crippen LogP contribution in [0.5, 0.6) is 0 Å². The van der Waals surface area contributed by atoms with Crippen molar-refractivity contribution in [3.8, 4) is 0 Å². The molecular weight excluding hydrogens is 316 g/mol. The van der Waals surface area contributed by atoms with E-state index in [1.165, 1.54) is 12.8 Å². The number of carbonyl (C=O) groups is 2. The van der Waals surface area contributed by atoms with Crippen LogP contribution in [-0.4, -0.2) is 24.1 Å². The standard InChI is InChI=1S/C21H38O4/c1-8-20(6)12-10-11-16(13-20)21(7,9-2)25-18(23)15-24-17(22)14-19(3,4)5/h16H,8-15H2,1-7H3. The predicted octanol–water partition coefficient (Wildman–Crippen LogP) is 5.28. The van der Waals surface area contributed by atoms with Gasteiger partial charge in [0.15, 0.2) is 6.61 Å². The van der Waals surface area contributed by atoms with Crippen LogP contribution >= 0.6 is 0 Å². The summed E-state index contributed by atoms with van der Waals surface area (Å²) < 4.78 is 10.9. The maximum Gasteiger partial charge on any atom is 0.344 e. The summed E-state index contributed by atoms with van der Waals surface area (Å²) in [6, 6.07) is 0. The zero-order valence-electron chi connectivity index (χ0n) is 17.4. The summed E-state index contributed by atoms with van der Waals surface area (Å²) in [6.45, 7) is 14.3. The normalized spacial score (nSPS) is 26.6. The Balaban J connectivity index is 2.61. The summed E-state index contributed by atoms with van der Waals surface area (Å²) >= 11 is 0. The fourth-order valence-corrected chi connectivity index (χ4v) is 3.77. The van der Waals surface area contributed by atoms with E-state index in [9.17, 15) is 9.59 Å². The fraction of sp³-hybridized carbons (Fsp3) is 0.905. The van der Waals surface area contributed by atoms with Gasteiger partial charge in [-0.1, -0.05) is 54.4 Å². The molecule has 0 spiro atoms. The van der Waals surface area contributed by atoms with Crippen LogP contribution in [0.15, 0.2) is 0 Å². The molecule has 0 N–H and O–H groups in total. The van der Waals surface area contributed by atoms with Crippen LogP contribution in [0.2, 0.25) is 0 Å². The Kier molecular flexibility index (Phi) is 7.52. The number of esters is 2. The van der Waals surface area contributed by atoms with Gasteiger partial charge in [0, 0.05) is 0 Å². The molecule has 0 aromatic heterocycles. The molecule has 0 amide bonds. The maximum atomic E-state index is 12.3. The Morgan fingerprint density at radius 3 is 2.28 bits per heavy atom. The Morgan fingerprint density at radius 2 is 1.76 bits per heavy atom. The number of hydrogen-bond donors (Lipinski definition) is 0. The van der Waals surface area contributed by atoms with Gasteiger partial charge >= 0.3 is 11.9 Å². The molecule has 3 unspecified atom stereocenters. The van der Waals surface area contributed by atoms with E-state index in [2.05, 4.69) is 20.8 Å². The molecule has 3 atom stereocenters. The van der Waals surface area contributed by atoms with Gasteiger partial charge in [0.1, 0.15) is 5.60 Å². The van der Waals surface area contributed by atoms with Crippen LogP contribution in [0.25, 0.3) is 0 Å². The van der Waals surface area contributed by atoms with Gasteiger partial charge in [-0.15, -0.1) is 0 Å². The maximum absolute atomic E-state index is 12.3. The van der Waals surface area contributed by atoms with Crippen molar-refractivity contribution >= 4 is 11.9 Å². The van der Waals surface area contributed by atoms with Gasteiger partial charge in [-0.05, 0) is 49.4 Å². The third-order valence-corrected chi connectivity index (χ3v) is 5.86. The smallest absolute Gasteiger partial charge is 0.344 e. The van der Waals surface area contributed by atoms with E-state index in [1.54, 1.807) is 0 Å². The molecular formula is C21H38O4. The van der Waals surface area contributed by atoms with Crippen LogP contribution in [0, 0.1) is 16.7 Å². The van der Waals surface area contributed by atoms with Crippen LogP contribution in [0.3, 0.4) is 0 Å². The first kappa shape index (κ1) is 22.0. The summed E-state index contributed by atoms with van der Waals surface area (Å²) in [7, 11) is 0. The van der Waals surface area contributed by atoms with Crippen LogP contribution in [0.1, 0.15) is 93.4 Å². The van der Waals surface area contributed by atoms with Crippen LogP contribution in [0.4, 0.5) is 0 Å². The van der Waals surface area contributed by atoms with Gasteiger partial charge in [0.05, 0.1) is 6.42 Å². The average molecular weight is 355 g/mol. The van der Waals surface area contributed by atoms with Crippen molar-refractivity contribution in [3.05, 3.63) is 0 Å². The lowest BCUT2D eigenvalue weighted by molar-refractivity contribution is -0.177. The number of rotatable bonds is 7. The lowest BCUT2D eigenvalue weighted by Crippen LogP contribution is -2.44. The molecule has 0 heterocycles. The second-order valence-electron chi connectivity index (χ2n) is 9.50. The van der Waals surface area contributed by atoms with Gasteiger partial charge in [-0.2, -0.15) is 0 Å². The molecule has 1 aliphatic carbocycles. The van der Waals surface area contributed by atoms with E-state index in [1.807, 2.05) is 27.7 Å². The van der Waals surface area contributed by atoms with Crippen LogP contribution < -0.4 is 0 Å². The van der Waals surface area contributed by atoms with E-state index in [-0.39, 0.29) is 18.0 Å². The highest BCUT2D eigenvalue weighted by Crippen LogP contribution is 2.47. The number of hydrogen-bond acceptors (Lipinski definition) is 4. The SMILES string of the molecule is CCC1(C)CCCC(C(C)(CC)OC(=O)COC(=O)CC(C)(C)C)C1. The molecule has 25 heavy (non-hydrogen) atoms. The largest absolute Gasteiger partial charge is 0.457 e. The van der Waals surface area contributed by atoms with E-state index >= 15 is 0 Å². The Hall–Kier alpha value is -1.06. The molecule has 0 bridgehead atoms. The zero-order valence-corrected chi connectivity index (χ0v) is 17.4. The van der Waals surface area contributed by atoms with Crippen molar-refractivity contribution in [2.45, 2.75) is 99.0 Å². The molecule has 146 valence electrons. The molecule has 0 aromatic carbocycles. The summed E-state index contributed by atoms with van der Waals surface area (Å²) in [6.07, 6.45) is 6.84. The van der Waals surface area contributed by atoms with Gasteiger partial charge in [0.25, 0.3) is 0 Å². The van der Waals surface area contributed by atoms with Crippen LogP contribution in [-0.2, 0) is 19.1 Å².